The summed E-state index contributed by atoms with van der Waals surface area (Å²) in [4.78, 5) is 0. The number of hydrogen-bond acceptors (Lipinski definition) is 2. The second kappa shape index (κ2) is 6.20. The minimum Gasteiger partial charge on any atom is -0.349 e. The summed E-state index contributed by atoms with van der Waals surface area (Å²) in [5, 5.41) is 0. The topological polar surface area (TPSA) is 18.5 Å². The summed E-state index contributed by atoms with van der Waals surface area (Å²) in [6.07, 6.45) is 18.4. The molecule has 0 radical (unpaired) electrons. The van der Waals surface area contributed by atoms with Crippen LogP contribution in [0.2, 0.25) is 0 Å². The summed E-state index contributed by atoms with van der Waals surface area (Å²) in [7, 11) is 0. The Morgan fingerprint density at radius 1 is 1.04 bits per heavy atom. The smallest absolute Gasteiger partial charge is 0.171 e. The zero-order valence-electron chi connectivity index (χ0n) is 18.0. The zero-order chi connectivity index (χ0) is 19.1. The molecule has 4 aliphatic carbocycles. The Hall–Kier alpha value is -0.600. The van der Waals surface area contributed by atoms with Gasteiger partial charge >= 0.3 is 0 Å². The van der Waals surface area contributed by atoms with Crippen LogP contribution in [0.1, 0.15) is 72.1 Å². The first-order chi connectivity index (χ1) is 13.5. The minimum absolute atomic E-state index is 0.247. The fourth-order valence-corrected chi connectivity index (χ4v) is 8.78. The Kier molecular flexibility index (Phi) is 4.03. The van der Waals surface area contributed by atoms with Crippen molar-refractivity contribution in [2.45, 2.75) is 84.0 Å². The molecule has 0 unspecified atom stereocenters. The van der Waals surface area contributed by atoms with Gasteiger partial charge in [0.1, 0.15) is 0 Å². The Balaban J connectivity index is 1.26. The van der Waals surface area contributed by atoms with Crippen LogP contribution in [0.4, 0.5) is 0 Å². The Morgan fingerprint density at radius 2 is 1.93 bits per heavy atom. The van der Waals surface area contributed by atoms with Gasteiger partial charge in [-0.15, -0.1) is 0 Å². The molecule has 2 heterocycles. The van der Waals surface area contributed by atoms with Crippen molar-refractivity contribution in [3.8, 4) is 0 Å². The highest BCUT2D eigenvalue weighted by molar-refractivity contribution is 5.33. The molecule has 2 aliphatic heterocycles. The van der Waals surface area contributed by atoms with E-state index in [0.29, 0.717) is 23.4 Å². The van der Waals surface area contributed by atoms with E-state index in [2.05, 4.69) is 39.0 Å². The molecule has 2 saturated heterocycles. The highest BCUT2D eigenvalue weighted by atomic mass is 16.7. The Labute approximate surface area is 171 Å². The van der Waals surface area contributed by atoms with Gasteiger partial charge in [-0.3, -0.25) is 0 Å². The quantitative estimate of drug-likeness (QED) is 0.502. The number of hydrogen-bond donors (Lipinski definition) is 0. The average Bonchev–Trinajstić information content (AvgIpc) is 3.18. The van der Waals surface area contributed by atoms with Crippen LogP contribution < -0.4 is 0 Å². The first kappa shape index (κ1) is 18.2. The summed E-state index contributed by atoms with van der Waals surface area (Å²) in [6.45, 7) is 8.25. The average molecular weight is 383 g/mol. The molecular formula is C26H38O2. The summed E-state index contributed by atoms with van der Waals surface area (Å²) in [5.41, 5.74) is 2.10. The molecule has 154 valence electrons. The lowest BCUT2D eigenvalue weighted by molar-refractivity contribution is -0.271. The van der Waals surface area contributed by atoms with E-state index in [1.807, 2.05) is 0 Å². The largest absolute Gasteiger partial charge is 0.349 e. The second-order valence-corrected chi connectivity index (χ2v) is 11.5. The van der Waals surface area contributed by atoms with Gasteiger partial charge in [0.25, 0.3) is 0 Å². The third kappa shape index (κ3) is 2.34. The van der Waals surface area contributed by atoms with Gasteiger partial charge in [0.2, 0.25) is 0 Å². The fraction of sp³-hybridized carbons (Fsp3) is 0.846. The molecule has 0 aromatic rings. The Morgan fingerprint density at radius 3 is 2.75 bits per heavy atom. The van der Waals surface area contributed by atoms with Crippen molar-refractivity contribution in [3.63, 3.8) is 0 Å². The summed E-state index contributed by atoms with van der Waals surface area (Å²) >= 11 is 0. The van der Waals surface area contributed by atoms with E-state index >= 15 is 0 Å². The van der Waals surface area contributed by atoms with Crippen LogP contribution in [0, 0.1) is 46.8 Å². The van der Waals surface area contributed by atoms with Crippen molar-refractivity contribution in [2.75, 3.05) is 6.61 Å². The third-order valence-corrected chi connectivity index (χ3v) is 10.3. The molecule has 0 aromatic carbocycles. The zero-order valence-corrected chi connectivity index (χ0v) is 18.0. The van der Waals surface area contributed by atoms with Gasteiger partial charge in [0.05, 0.1) is 12.7 Å². The lowest BCUT2D eigenvalue weighted by Gasteiger charge is -2.54. The first-order valence-electron chi connectivity index (χ1n) is 12.2. The van der Waals surface area contributed by atoms with Crippen LogP contribution in [0.3, 0.4) is 0 Å². The van der Waals surface area contributed by atoms with Gasteiger partial charge in [-0.25, -0.2) is 0 Å². The molecule has 0 bridgehead atoms. The molecule has 2 heteroatoms. The van der Waals surface area contributed by atoms with Crippen molar-refractivity contribution in [3.05, 3.63) is 23.8 Å². The van der Waals surface area contributed by atoms with Gasteiger partial charge in [-0.1, -0.05) is 39.0 Å². The lowest BCUT2D eigenvalue weighted by Crippen LogP contribution is -2.48. The summed E-state index contributed by atoms with van der Waals surface area (Å²) < 4.78 is 13.3. The van der Waals surface area contributed by atoms with Gasteiger partial charge in [-0.2, -0.15) is 0 Å². The molecule has 6 rings (SSSR count). The summed E-state index contributed by atoms with van der Waals surface area (Å²) in [6, 6.07) is 0. The second-order valence-electron chi connectivity index (χ2n) is 11.5. The van der Waals surface area contributed by atoms with Crippen molar-refractivity contribution < 1.29 is 9.47 Å². The van der Waals surface area contributed by atoms with Crippen LogP contribution in [0.25, 0.3) is 0 Å². The van der Waals surface area contributed by atoms with Crippen molar-refractivity contribution in [1.82, 2.24) is 0 Å². The maximum atomic E-state index is 6.83. The van der Waals surface area contributed by atoms with Crippen molar-refractivity contribution in [1.29, 1.82) is 0 Å². The number of fused-ring (bicyclic) bond motifs is 7. The molecule has 6 aliphatic rings. The van der Waals surface area contributed by atoms with Crippen LogP contribution in [0.15, 0.2) is 23.8 Å². The molecule has 0 amide bonds. The van der Waals surface area contributed by atoms with Crippen LogP contribution in [-0.2, 0) is 9.47 Å². The van der Waals surface area contributed by atoms with Gasteiger partial charge < -0.3 is 9.47 Å². The van der Waals surface area contributed by atoms with Gasteiger partial charge in [0, 0.05) is 12.3 Å². The van der Waals surface area contributed by atoms with Gasteiger partial charge in [-0.05, 0) is 91.4 Å². The predicted molar refractivity (Wildman–Crippen MR) is 112 cm³/mol. The highest BCUT2D eigenvalue weighted by Crippen LogP contribution is 2.65. The normalized spacial score (nSPS) is 57.3. The molecule has 10 atom stereocenters. The van der Waals surface area contributed by atoms with Crippen LogP contribution in [-0.4, -0.2) is 18.5 Å². The number of rotatable bonds is 0. The minimum atomic E-state index is -0.247. The lowest BCUT2D eigenvalue weighted by atomic mass is 9.51. The molecule has 28 heavy (non-hydrogen) atoms. The van der Waals surface area contributed by atoms with Gasteiger partial charge in [0.15, 0.2) is 5.79 Å². The van der Waals surface area contributed by atoms with E-state index in [9.17, 15) is 0 Å². The van der Waals surface area contributed by atoms with E-state index in [4.69, 9.17) is 9.47 Å². The van der Waals surface area contributed by atoms with E-state index in [-0.39, 0.29) is 5.79 Å². The van der Waals surface area contributed by atoms with Crippen LogP contribution in [0.5, 0.6) is 0 Å². The first-order valence-corrected chi connectivity index (χ1v) is 12.2. The SMILES string of the molecule is C[C@@H]1CC[C@@]2(OC1)O[C@H]1C[C@H]3[C@@H](CC[C@H]4[C@H]3CC=C3C=CCC[C@@]34C)[C@H]1[C@@H]2C. The standard InChI is InChI=1S/C26H38O2/c1-16-11-13-26(27-15-16)17(2)24-20-9-10-22-19(21(20)14-23(24)28-26)8-7-18-6-4-5-12-25(18,22)3/h4,6-7,16-17,19-24H,5,8-15H2,1-3H3/t16-,17+,19+,20-,21-,22+,23+,24-,25+,26-/m1/s1. The molecule has 0 aromatic heterocycles. The summed E-state index contributed by atoms with van der Waals surface area (Å²) in [5.74, 6) is 5.31. The van der Waals surface area contributed by atoms with Crippen molar-refractivity contribution >= 4 is 0 Å². The maximum absolute atomic E-state index is 6.83. The molecule has 2 nitrogen and oxygen atoms in total. The molecule has 1 spiro atoms. The number of ether oxygens (including phenoxy) is 2. The van der Waals surface area contributed by atoms with Crippen LogP contribution >= 0.6 is 0 Å². The highest BCUT2D eigenvalue weighted by Gasteiger charge is 2.64. The van der Waals surface area contributed by atoms with E-state index < -0.39 is 0 Å². The number of allylic oxidation sites excluding steroid dienone is 4. The molecular weight excluding hydrogens is 344 g/mol. The molecule has 4 fully saturated rings. The van der Waals surface area contributed by atoms with Crippen molar-refractivity contribution in [2.24, 2.45) is 46.8 Å². The van der Waals surface area contributed by atoms with E-state index in [1.165, 1.54) is 44.9 Å². The third-order valence-electron chi connectivity index (χ3n) is 10.3. The van der Waals surface area contributed by atoms with E-state index in [0.717, 1.165) is 42.6 Å². The van der Waals surface area contributed by atoms with E-state index in [1.54, 1.807) is 5.57 Å². The maximum Gasteiger partial charge on any atom is 0.171 e. The Bertz CT molecular complexity index is 699. The molecule has 0 N–H and O–H groups in total. The molecule has 2 saturated carbocycles. The fourth-order valence-electron chi connectivity index (χ4n) is 8.78. The predicted octanol–water partition coefficient (Wildman–Crippen LogP) is 6.13. The monoisotopic (exact) mass is 382 g/mol.